The molecule has 0 atom stereocenters. The molecule has 1 N–H and O–H groups in total. The average Bonchev–Trinajstić information content (AvgIpc) is 2.18. The number of nitrogens with zero attached hydrogens (tertiary/aromatic N) is 1. The molecule has 2 heteroatoms. The first-order valence-electron chi connectivity index (χ1n) is 5.22. The van der Waals surface area contributed by atoms with E-state index in [0.29, 0.717) is 0 Å². The summed E-state index contributed by atoms with van der Waals surface area (Å²) >= 11 is 0. The Kier molecular flexibility index (Phi) is 4.46. The normalized spacial score (nSPS) is 21.5. The number of hydrogen-bond donors (Lipinski definition) is 1. The summed E-state index contributed by atoms with van der Waals surface area (Å²) in [7, 11) is 0. The van der Waals surface area contributed by atoms with Crippen molar-refractivity contribution in [2.24, 2.45) is 0 Å². The van der Waals surface area contributed by atoms with Gasteiger partial charge in [-0.25, -0.2) is 0 Å². The van der Waals surface area contributed by atoms with Gasteiger partial charge in [0.1, 0.15) is 0 Å². The summed E-state index contributed by atoms with van der Waals surface area (Å²) in [5.74, 6) is 0. The molecule has 1 rings (SSSR count). The minimum Gasteiger partial charge on any atom is -0.392 e. The molecule has 1 aliphatic heterocycles. The van der Waals surface area contributed by atoms with Crippen LogP contribution in [0.3, 0.4) is 0 Å². The first-order valence-corrected chi connectivity index (χ1v) is 5.22. The van der Waals surface area contributed by atoms with E-state index in [1.54, 1.807) is 0 Å². The van der Waals surface area contributed by atoms with Crippen molar-refractivity contribution < 1.29 is 5.11 Å². The van der Waals surface area contributed by atoms with Crippen molar-refractivity contribution in [1.29, 1.82) is 0 Å². The van der Waals surface area contributed by atoms with Crippen molar-refractivity contribution in [1.82, 2.24) is 4.90 Å². The van der Waals surface area contributed by atoms with Gasteiger partial charge in [0, 0.05) is 6.54 Å². The maximum atomic E-state index is 8.96. The standard InChI is InChI=1S/C11H21NO/c1-10(11(2)9-13)8-12-6-4-3-5-7-12/h13H,3-9H2,1-2H3. The van der Waals surface area contributed by atoms with E-state index in [9.17, 15) is 0 Å². The van der Waals surface area contributed by atoms with Crippen molar-refractivity contribution in [3.8, 4) is 0 Å². The maximum Gasteiger partial charge on any atom is 0.0642 e. The van der Waals surface area contributed by atoms with Crippen LogP contribution < -0.4 is 0 Å². The molecule has 0 radical (unpaired) electrons. The van der Waals surface area contributed by atoms with E-state index in [1.165, 1.54) is 37.9 Å². The second-order valence-electron chi connectivity index (χ2n) is 4.06. The molecule has 1 aliphatic rings. The van der Waals surface area contributed by atoms with Crippen LogP contribution in [0.5, 0.6) is 0 Å². The molecule has 0 aromatic rings. The minimum atomic E-state index is 0.208. The molecule has 0 spiro atoms. The summed E-state index contributed by atoms with van der Waals surface area (Å²) < 4.78 is 0. The largest absolute Gasteiger partial charge is 0.392 e. The Morgan fingerprint density at radius 2 is 1.69 bits per heavy atom. The monoisotopic (exact) mass is 183 g/mol. The molecule has 1 fully saturated rings. The highest BCUT2D eigenvalue weighted by molar-refractivity contribution is 5.11. The zero-order valence-corrected chi connectivity index (χ0v) is 8.84. The van der Waals surface area contributed by atoms with E-state index in [1.807, 2.05) is 6.92 Å². The van der Waals surface area contributed by atoms with Gasteiger partial charge in [-0.2, -0.15) is 0 Å². The highest BCUT2D eigenvalue weighted by Gasteiger charge is 2.10. The molecule has 0 bridgehead atoms. The van der Waals surface area contributed by atoms with Gasteiger partial charge >= 0.3 is 0 Å². The topological polar surface area (TPSA) is 23.5 Å². The number of likely N-dealkylation sites (tertiary alicyclic amines) is 1. The fraction of sp³-hybridized carbons (Fsp3) is 0.818. The fourth-order valence-corrected chi connectivity index (χ4v) is 1.72. The van der Waals surface area contributed by atoms with Gasteiger partial charge in [0.15, 0.2) is 0 Å². The zero-order chi connectivity index (χ0) is 9.68. The number of hydrogen-bond acceptors (Lipinski definition) is 2. The SMILES string of the molecule is CC(CO)=C(C)CN1CCCCC1. The van der Waals surface area contributed by atoms with Crippen molar-refractivity contribution in [3.63, 3.8) is 0 Å². The lowest BCUT2D eigenvalue weighted by Crippen LogP contribution is -2.31. The summed E-state index contributed by atoms with van der Waals surface area (Å²) in [6.45, 7) is 7.86. The third-order valence-corrected chi connectivity index (χ3v) is 2.88. The molecular formula is C11H21NO. The number of aliphatic hydroxyl groups is 1. The van der Waals surface area contributed by atoms with Crippen LogP contribution in [-0.2, 0) is 0 Å². The molecule has 2 nitrogen and oxygen atoms in total. The molecule has 76 valence electrons. The van der Waals surface area contributed by atoms with E-state index in [2.05, 4.69) is 11.8 Å². The highest BCUT2D eigenvalue weighted by Crippen LogP contribution is 2.12. The molecular weight excluding hydrogens is 162 g/mol. The van der Waals surface area contributed by atoms with Crippen LogP contribution in [0.25, 0.3) is 0 Å². The molecule has 13 heavy (non-hydrogen) atoms. The van der Waals surface area contributed by atoms with E-state index in [-0.39, 0.29) is 6.61 Å². The Hall–Kier alpha value is -0.340. The third-order valence-electron chi connectivity index (χ3n) is 2.88. The van der Waals surface area contributed by atoms with Gasteiger partial charge in [-0.15, -0.1) is 0 Å². The van der Waals surface area contributed by atoms with Crippen LogP contribution in [0.4, 0.5) is 0 Å². The molecule has 0 aromatic heterocycles. The maximum absolute atomic E-state index is 8.96. The van der Waals surface area contributed by atoms with Crippen molar-refractivity contribution in [2.45, 2.75) is 33.1 Å². The van der Waals surface area contributed by atoms with Crippen LogP contribution >= 0.6 is 0 Å². The number of piperidine rings is 1. The molecule has 1 heterocycles. The van der Waals surface area contributed by atoms with Crippen molar-refractivity contribution in [2.75, 3.05) is 26.2 Å². The van der Waals surface area contributed by atoms with Gasteiger partial charge in [-0.05, 0) is 45.4 Å². The van der Waals surface area contributed by atoms with E-state index < -0.39 is 0 Å². The predicted molar refractivity (Wildman–Crippen MR) is 55.8 cm³/mol. The second kappa shape index (κ2) is 5.40. The zero-order valence-electron chi connectivity index (χ0n) is 8.84. The average molecular weight is 183 g/mol. The van der Waals surface area contributed by atoms with Gasteiger partial charge in [0.25, 0.3) is 0 Å². The fourth-order valence-electron chi connectivity index (χ4n) is 1.72. The van der Waals surface area contributed by atoms with Crippen molar-refractivity contribution >= 4 is 0 Å². The Labute approximate surface area is 81.2 Å². The first kappa shape index (κ1) is 10.7. The molecule has 0 amide bonds. The second-order valence-corrected chi connectivity index (χ2v) is 4.06. The highest BCUT2D eigenvalue weighted by atomic mass is 16.3. The van der Waals surface area contributed by atoms with Crippen LogP contribution in [-0.4, -0.2) is 36.2 Å². The molecule has 0 aliphatic carbocycles. The van der Waals surface area contributed by atoms with Crippen LogP contribution in [0, 0.1) is 0 Å². The summed E-state index contributed by atoms with van der Waals surface area (Å²) in [5, 5.41) is 8.96. The van der Waals surface area contributed by atoms with Gasteiger partial charge in [-0.1, -0.05) is 12.0 Å². The smallest absolute Gasteiger partial charge is 0.0642 e. The number of aliphatic hydroxyl groups excluding tert-OH is 1. The summed E-state index contributed by atoms with van der Waals surface area (Å²) in [4.78, 5) is 2.48. The van der Waals surface area contributed by atoms with E-state index in [0.717, 1.165) is 12.1 Å². The minimum absolute atomic E-state index is 0.208. The lowest BCUT2D eigenvalue weighted by Gasteiger charge is -2.27. The van der Waals surface area contributed by atoms with E-state index >= 15 is 0 Å². The van der Waals surface area contributed by atoms with Crippen LogP contribution in [0.15, 0.2) is 11.1 Å². The van der Waals surface area contributed by atoms with E-state index in [4.69, 9.17) is 5.11 Å². The van der Waals surface area contributed by atoms with Crippen LogP contribution in [0.2, 0.25) is 0 Å². The Morgan fingerprint density at radius 1 is 1.08 bits per heavy atom. The Balaban J connectivity index is 2.38. The van der Waals surface area contributed by atoms with Gasteiger partial charge in [0.2, 0.25) is 0 Å². The predicted octanol–water partition coefficient (Wildman–Crippen LogP) is 1.80. The quantitative estimate of drug-likeness (QED) is 0.674. The Bertz CT molecular complexity index is 181. The van der Waals surface area contributed by atoms with Crippen molar-refractivity contribution in [3.05, 3.63) is 11.1 Å². The summed E-state index contributed by atoms with van der Waals surface area (Å²) in [5.41, 5.74) is 2.47. The lowest BCUT2D eigenvalue weighted by atomic mass is 10.1. The first-order chi connectivity index (χ1) is 6.24. The van der Waals surface area contributed by atoms with Gasteiger partial charge in [-0.3, -0.25) is 4.90 Å². The van der Waals surface area contributed by atoms with Gasteiger partial charge < -0.3 is 5.11 Å². The van der Waals surface area contributed by atoms with Crippen LogP contribution in [0.1, 0.15) is 33.1 Å². The van der Waals surface area contributed by atoms with Gasteiger partial charge in [0.05, 0.1) is 6.61 Å². The third kappa shape index (κ3) is 3.49. The lowest BCUT2D eigenvalue weighted by molar-refractivity contribution is 0.244. The summed E-state index contributed by atoms with van der Waals surface area (Å²) in [6.07, 6.45) is 4.06. The summed E-state index contributed by atoms with van der Waals surface area (Å²) in [6, 6.07) is 0. The number of rotatable bonds is 3. The molecule has 1 saturated heterocycles. The molecule has 0 unspecified atom stereocenters. The molecule has 0 saturated carbocycles. The molecule has 0 aromatic carbocycles. The Morgan fingerprint density at radius 3 is 2.23 bits per heavy atom.